The maximum absolute atomic E-state index is 11.9. The molecule has 1 atom stereocenters. The van der Waals surface area contributed by atoms with Crippen molar-refractivity contribution < 1.29 is 4.79 Å². The number of aromatic nitrogens is 1. The molecule has 2 N–H and O–H groups in total. The smallest absolute Gasteiger partial charge is 0.239 e. The van der Waals surface area contributed by atoms with Gasteiger partial charge in [-0.05, 0) is 12.8 Å². The van der Waals surface area contributed by atoms with Crippen LogP contribution in [0, 0.1) is 0 Å². The van der Waals surface area contributed by atoms with Gasteiger partial charge in [0.05, 0.1) is 12.6 Å². The average molecular weight is 255 g/mol. The monoisotopic (exact) mass is 255 g/mol. The molecule has 1 aromatic heterocycles. The predicted octanol–water partition coefficient (Wildman–Crippen LogP) is 1.79. The summed E-state index contributed by atoms with van der Waals surface area (Å²) in [5, 5.41) is 0.974. The normalized spacial score (nSPS) is 12.5. The average Bonchev–Trinajstić information content (AvgIpc) is 2.76. The van der Waals surface area contributed by atoms with Crippen molar-refractivity contribution in [1.29, 1.82) is 0 Å². The van der Waals surface area contributed by atoms with Crippen LogP contribution in [0.3, 0.4) is 0 Å². The van der Waals surface area contributed by atoms with Crippen LogP contribution in [0.15, 0.2) is 6.20 Å². The maximum Gasteiger partial charge on any atom is 0.239 e. The first-order valence-corrected chi connectivity index (χ1v) is 6.84. The molecule has 0 radical (unpaired) electrons. The Bertz CT molecular complexity index is 364. The Labute approximate surface area is 107 Å². The third-order valence-corrected chi connectivity index (χ3v) is 3.74. The van der Waals surface area contributed by atoms with E-state index in [1.807, 2.05) is 13.1 Å². The van der Waals surface area contributed by atoms with Crippen LogP contribution >= 0.6 is 11.3 Å². The largest absolute Gasteiger partial charge is 0.338 e. The summed E-state index contributed by atoms with van der Waals surface area (Å²) in [7, 11) is 1.78. The van der Waals surface area contributed by atoms with Gasteiger partial charge in [-0.15, -0.1) is 11.3 Å². The van der Waals surface area contributed by atoms with Gasteiger partial charge < -0.3 is 10.6 Å². The zero-order chi connectivity index (χ0) is 12.8. The molecular weight excluding hydrogens is 234 g/mol. The summed E-state index contributed by atoms with van der Waals surface area (Å²) in [6, 6.07) is -0.379. The number of amides is 1. The number of nitrogens with zero attached hydrogens (tertiary/aromatic N) is 2. The second-order valence-corrected chi connectivity index (χ2v) is 5.36. The van der Waals surface area contributed by atoms with E-state index in [1.54, 1.807) is 23.3 Å². The first kappa shape index (κ1) is 14.1. The minimum atomic E-state index is -0.379. The standard InChI is InChI=1S/C12H21N3OS/c1-4-6-10(13)12(16)15(3)8-11-14-7-9(5-2)17-11/h7,10H,4-6,8,13H2,1-3H3. The van der Waals surface area contributed by atoms with Crippen LogP contribution in [-0.4, -0.2) is 28.9 Å². The molecular formula is C12H21N3OS. The summed E-state index contributed by atoms with van der Waals surface area (Å²) in [5.41, 5.74) is 5.81. The number of likely N-dealkylation sites (N-methyl/N-ethyl adjacent to an activating group) is 1. The van der Waals surface area contributed by atoms with E-state index in [4.69, 9.17) is 5.73 Å². The molecule has 5 heteroatoms. The number of carbonyl (C=O) groups is 1. The molecule has 1 aromatic rings. The SMILES string of the molecule is CCCC(N)C(=O)N(C)Cc1ncc(CC)s1. The van der Waals surface area contributed by atoms with E-state index in [0.29, 0.717) is 6.54 Å². The highest BCUT2D eigenvalue weighted by Crippen LogP contribution is 2.15. The molecule has 0 spiro atoms. The fraction of sp³-hybridized carbons (Fsp3) is 0.667. The lowest BCUT2D eigenvalue weighted by atomic mass is 10.1. The molecule has 0 fully saturated rings. The predicted molar refractivity (Wildman–Crippen MR) is 70.8 cm³/mol. The van der Waals surface area contributed by atoms with Gasteiger partial charge in [0, 0.05) is 18.1 Å². The number of nitrogens with two attached hydrogens (primary N) is 1. The first-order chi connectivity index (χ1) is 8.08. The van der Waals surface area contributed by atoms with Gasteiger partial charge in [0.15, 0.2) is 0 Å². The summed E-state index contributed by atoms with van der Waals surface area (Å²) < 4.78 is 0. The molecule has 1 amide bonds. The van der Waals surface area contributed by atoms with E-state index in [9.17, 15) is 4.79 Å². The summed E-state index contributed by atoms with van der Waals surface area (Å²) in [5.74, 6) is 0.0000912. The van der Waals surface area contributed by atoms with E-state index in [-0.39, 0.29) is 11.9 Å². The Morgan fingerprint density at radius 3 is 2.82 bits per heavy atom. The zero-order valence-corrected chi connectivity index (χ0v) is 11.6. The quantitative estimate of drug-likeness (QED) is 0.843. The lowest BCUT2D eigenvalue weighted by Crippen LogP contribution is -2.41. The zero-order valence-electron chi connectivity index (χ0n) is 10.8. The summed E-state index contributed by atoms with van der Waals surface area (Å²) in [6.07, 6.45) is 4.54. The molecule has 0 aliphatic rings. The van der Waals surface area contributed by atoms with Gasteiger partial charge in [0.25, 0.3) is 0 Å². The molecule has 0 aromatic carbocycles. The van der Waals surface area contributed by atoms with Crippen LogP contribution in [0.25, 0.3) is 0 Å². The van der Waals surface area contributed by atoms with Gasteiger partial charge in [-0.3, -0.25) is 4.79 Å². The third-order valence-electron chi connectivity index (χ3n) is 2.62. The van der Waals surface area contributed by atoms with Crippen molar-refractivity contribution in [1.82, 2.24) is 9.88 Å². The number of rotatable bonds is 6. The first-order valence-electron chi connectivity index (χ1n) is 6.02. The molecule has 17 heavy (non-hydrogen) atoms. The van der Waals surface area contributed by atoms with Crippen LogP contribution in [0.4, 0.5) is 0 Å². The highest BCUT2D eigenvalue weighted by Gasteiger charge is 2.18. The van der Waals surface area contributed by atoms with Crippen LogP contribution in [-0.2, 0) is 17.8 Å². The number of carbonyl (C=O) groups excluding carboxylic acids is 1. The van der Waals surface area contributed by atoms with E-state index in [1.165, 1.54) is 4.88 Å². The molecule has 0 bridgehead atoms. The molecule has 0 saturated heterocycles. The van der Waals surface area contributed by atoms with Crippen LogP contribution < -0.4 is 5.73 Å². The van der Waals surface area contributed by atoms with Crippen molar-refractivity contribution in [3.63, 3.8) is 0 Å². The minimum absolute atomic E-state index is 0.0000912. The Morgan fingerprint density at radius 2 is 2.29 bits per heavy atom. The number of thiazole rings is 1. The highest BCUT2D eigenvalue weighted by molar-refractivity contribution is 7.11. The third kappa shape index (κ3) is 4.09. The van der Waals surface area contributed by atoms with E-state index in [2.05, 4.69) is 11.9 Å². The van der Waals surface area contributed by atoms with Crippen molar-refractivity contribution in [2.24, 2.45) is 5.73 Å². The molecule has 0 saturated carbocycles. The van der Waals surface area contributed by atoms with E-state index >= 15 is 0 Å². The lowest BCUT2D eigenvalue weighted by molar-refractivity contribution is -0.131. The highest BCUT2D eigenvalue weighted by atomic mass is 32.1. The van der Waals surface area contributed by atoms with Gasteiger partial charge in [0.2, 0.25) is 5.91 Å². The van der Waals surface area contributed by atoms with Gasteiger partial charge in [0.1, 0.15) is 5.01 Å². The van der Waals surface area contributed by atoms with Crippen LogP contribution in [0.5, 0.6) is 0 Å². The van der Waals surface area contributed by atoms with Crippen molar-refractivity contribution in [2.45, 2.75) is 45.7 Å². The molecule has 1 heterocycles. The molecule has 4 nitrogen and oxygen atoms in total. The van der Waals surface area contributed by atoms with Gasteiger partial charge >= 0.3 is 0 Å². The molecule has 1 unspecified atom stereocenters. The van der Waals surface area contributed by atoms with Crippen molar-refractivity contribution in [3.8, 4) is 0 Å². The fourth-order valence-corrected chi connectivity index (χ4v) is 2.50. The van der Waals surface area contributed by atoms with Crippen molar-refractivity contribution in [2.75, 3.05) is 7.05 Å². The maximum atomic E-state index is 11.9. The number of hydrogen-bond acceptors (Lipinski definition) is 4. The summed E-state index contributed by atoms with van der Waals surface area (Å²) >= 11 is 1.66. The molecule has 96 valence electrons. The number of hydrogen-bond donors (Lipinski definition) is 1. The van der Waals surface area contributed by atoms with E-state index in [0.717, 1.165) is 24.3 Å². The topological polar surface area (TPSA) is 59.2 Å². The van der Waals surface area contributed by atoms with E-state index < -0.39 is 0 Å². The summed E-state index contributed by atoms with van der Waals surface area (Å²) in [6.45, 7) is 4.69. The molecule has 0 aliphatic carbocycles. The minimum Gasteiger partial charge on any atom is -0.338 e. The van der Waals surface area contributed by atoms with Crippen LogP contribution in [0.1, 0.15) is 36.6 Å². The van der Waals surface area contributed by atoms with Crippen molar-refractivity contribution >= 4 is 17.2 Å². The molecule has 1 rings (SSSR count). The van der Waals surface area contributed by atoms with Crippen LogP contribution in [0.2, 0.25) is 0 Å². The summed E-state index contributed by atoms with van der Waals surface area (Å²) in [4.78, 5) is 19.1. The Morgan fingerprint density at radius 1 is 1.59 bits per heavy atom. The lowest BCUT2D eigenvalue weighted by Gasteiger charge is -2.19. The van der Waals surface area contributed by atoms with Crippen molar-refractivity contribution in [3.05, 3.63) is 16.1 Å². The fourth-order valence-electron chi connectivity index (χ4n) is 1.58. The Kier molecular flexibility index (Phi) is 5.58. The number of aryl methyl sites for hydroxylation is 1. The Balaban J connectivity index is 2.53. The van der Waals surface area contributed by atoms with Gasteiger partial charge in [-0.25, -0.2) is 4.98 Å². The second kappa shape index (κ2) is 6.71. The Hall–Kier alpha value is -0.940. The van der Waals surface area contributed by atoms with Gasteiger partial charge in [-0.1, -0.05) is 20.3 Å². The second-order valence-electron chi connectivity index (χ2n) is 4.16. The van der Waals surface area contributed by atoms with Gasteiger partial charge in [-0.2, -0.15) is 0 Å². The molecule has 0 aliphatic heterocycles.